The van der Waals surface area contributed by atoms with E-state index in [-0.39, 0.29) is 5.82 Å². The average Bonchev–Trinajstić information content (AvgIpc) is 2.77. The minimum Gasteiger partial charge on any atom is -0.378 e. The average molecular weight is 290 g/mol. The minimum absolute atomic E-state index is 0.317. The smallest absolute Gasteiger partial charge is 0.125 e. The van der Waals surface area contributed by atoms with Crippen molar-refractivity contribution < 1.29 is 4.39 Å². The predicted octanol–water partition coefficient (Wildman–Crippen LogP) is 3.98. The fraction of sp³-hybridized carbons (Fsp3) is 0.133. The number of nitrogens with zero attached hydrogens (tertiary/aromatic N) is 2. The summed E-state index contributed by atoms with van der Waals surface area (Å²) in [6.45, 7) is 0.491. The number of aromatic nitrogens is 2. The first kappa shape index (κ1) is 12.9. The van der Waals surface area contributed by atoms with E-state index in [0.29, 0.717) is 17.3 Å². The van der Waals surface area contributed by atoms with E-state index in [4.69, 9.17) is 11.6 Å². The Kier molecular flexibility index (Phi) is 3.32. The zero-order valence-corrected chi connectivity index (χ0v) is 11.7. The summed E-state index contributed by atoms with van der Waals surface area (Å²) in [4.78, 5) is 0. The number of nitrogens with one attached hydrogen (secondary N) is 1. The van der Waals surface area contributed by atoms with E-state index in [1.165, 1.54) is 18.2 Å². The highest BCUT2D eigenvalue weighted by Crippen LogP contribution is 2.24. The molecule has 0 unspecified atom stereocenters. The van der Waals surface area contributed by atoms with Crippen LogP contribution in [0.2, 0.25) is 5.02 Å². The molecule has 0 spiro atoms. The number of benzene rings is 2. The summed E-state index contributed by atoms with van der Waals surface area (Å²) in [7, 11) is 1.90. The van der Waals surface area contributed by atoms with Gasteiger partial charge in [-0.1, -0.05) is 29.8 Å². The summed E-state index contributed by atoms with van der Waals surface area (Å²) in [5.41, 5.74) is 2.54. The molecular formula is C15H13ClFN3. The van der Waals surface area contributed by atoms with Crippen LogP contribution < -0.4 is 5.32 Å². The molecule has 0 amide bonds. The molecule has 1 heterocycles. The lowest BCUT2D eigenvalue weighted by Crippen LogP contribution is -2.02. The second kappa shape index (κ2) is 5.13. The maximum atomic E-state index is 13.2. The standard InChI is InChI=1S/C15H13ClFN3/c1-20-15-5-3-2-4-11(15)14(19-20)9-18-13-8-10(17)6-7-12(13)16/h2-8,18H,9H2,1H3. The topological polar surface area (TPSA) is 29.9 Å². The van der Waals surface area contributed by atoms with Crippen LogP contribution in [0.25, 0.3) is 10.9 Å². The number of fused-ring (bicyclic) bond motifs is 1. The number of para-hydroxylation sites is 1. The number of anilines is 1. The maximum absolute atomic E-state index is 13.2. The number of halogens is 2. The van der Waals surface area contributed by atoms with Gasteiger partial charge in [0, 0.05) is 12.4 Å². The molecule has 20 heavy (non-hydrogen) atoms. The molecule has 0 radical (unpaired) electrons. The number of aryl methyl sites for hydroxylation is 1. The molecule has 3 aromatic rings. The van der Waals surface area contributed by atoms with Gasteiger partial charge in [-0.2, -0.15) is 5.10 Å². The Bertz CT molecular complexity index is 767. The second-order valence-electron chi connectivity index (χ2n) is 4.57. The van der Waals surface area contributed by atoms with Crippen molar-refractivity contribution in [2.24, 2.45) is 7.05 Å². The van der Waals surface area contributed by atoms with Crippen molar-refractivity contribution in [1.82, 2.24) is 9.78 Å². The van der Waals surface area contributed by atoms with Gasteiger partial charge in [0.25, 0.3) is 0 Å². The quantitative estimate of drug-likeness (QED) is 0.790. The molecule has 0 aliphatic carbocycles. The SMILES string of the molecule is Cn1nc(CNc2cc(F)ccc2Cl)c2ccccc21. The van der Waals surface area contributed by atoms with Crippen LogP contribution in [-0.2, 0) is 13.6 Å². The second-order valence-corrected chi connectivity index (χ2v) is 4.97. The van der Waals surface area contributed by atoms with Gasteiger partial charge in [0.2, 0.25) is 0 Å². The molecule has 0 fully saturated rings. The van der Waals surface area contributed by atoms with Gasteiger partial charge >= 0.3 is 0 Å². The molecule has 3 rings (SSSR count). The van der Waals surface area contributed by atoms with Crippen LogP contribution in [-0.4, -0.2) is 9.78 Å². The summed E-state index contributed by atoms with van der Waals surface area (Å²) >= 11 is 6.03. The van der Waals surface area contributed by atoms with Crippen LogP contribution >= 0.6 is 11.6 Å². The molecule has 0 aliphatic heterocycles. The highest BCUT2D eigenvalue weighted by molar-refractivity contribution is 6.33. The van der Waals surface area contributed by atoms with Gasteiger partial charge in [-0.25, -0.2) is 4.39 Å². The molecule has 5 heteroatoms. The van der Waals surface area contributed by atoms with Gasteiger partial charge in [0.05, 0.1) is 28.5 Å². The van der Waals surface area contributed by atoms with Crippen LogP contribution in [0, 0.1) is 5.82 Å². The Balaban J connectivity index is 1.89. The summed E-state index contributed by atoms with van der Waals surface area (Å²) in [5.74, 6) is -0.317. The van der Waals surface area contributed by atoms with E-state index in [1.54, 1.807) is 0 Å². The number of hydrogen-bond donors (Lipinski definition) is 1. The van der Waals surface area contributed by atoms with E-state index in [9.17, 15) is 4.39 Å². The van der Waals surface area contributed by atoms with Crippen molar-refractivity contribution in [3.63, 3.8) is 0 Å². The summed E-state index contributed by atoms with van der Waals surface area (Å²) < 4.78 is 15.0. The summed E-state index contributed by atoms with van der Waals surface area (Å²) in [6, 6.07) is 12.2. The Morgan fingerprint density at radius 3 is 2.90 bits per heavy atom. The Morgan fingerprint density at radius 2 is 2.05 bits per heavy atom. The highest BCUT2D eigenvalue weighted by atomic mass is 35.5. The van der Waals surface area contributed by atoms with E-state index >= 15 is 0 Å². The molecule has 3 nitrogen and oxygen atoms in total. The summed E-state index contributed by atoms with van der Waals surface area (Å²) in [5, 5.41) is 9.17. The third-order valence-corrected chi connectivity index (χ3v) is 3.54. The van der Waals surface area contributed by atoms with Crippen LogP contribution in [0.3, 0.4) is 0 Å². The zero-order chi connectivity index (χ0) is 14.1. The molecule has 0 saturated heterocycles. The molecule has 2 aromatic carbocycles. The molecule has 1 aromatic heterocycles. The number of hydrogen-bond acceptors (Lipinski definition) is 2. The first-order valence-corrected chi connectivity index (χ1v) is 6.62. The van der Waals surface area contributed by atoms with Crippen LogP contribution in [0.15, 0.2) is 42.5 Å². The van der Waals surface area contributed by atoms with Crippen molar-refractivity contribution in [3.05, 3.63) is 59.0 Å². The number of rotatable bonds is 3. The van der Waals surface area contributed by atoms with Gasteiger partial charge in [-0.3, -0.25) is 4.68 Å². The van der Waals surface area contributed by atoms with E-state index in [2.05, 4.69) is 10.4 Å². The van der Waals surface area contributed by atoms with Crippen molar-refractivity contribution in [2.45, 2.75) is 6.54 Å². The van der Waals surface area contributed by atoms with Crippen LogP contribution in [0.4, 0.5) is 10.1 Å². The van der Waals surface area contributed by atoms with Crippen molar-refractivity contribution in [2.75, 3.05) is 5.32 Å². The normalized spacial score (nSPS) is 10.9. The fourth-order valence-electron chi connectivity index (χ4n) is 2.23. The molecule has 1 N–H and O–H groups in total. The van der Waals surface area contributed by atoms with Gasteiger partial charge in [0.1, 0.15) is 5.82 Å². The molecule has 102 valence electrons. The largest absolute Gasteiger partial charge is 0.378 e. The van der Waals surface area contributed by atoms with E-state index < -0.39 is 0 Å². The predicted molar refractivity (Wildman–Crippen MR) is 79.5 cm³/mol. The third-order valence-electron chi connectivity index (χ3n) is 3.21. The lowest BCUT2D eigenvalue weighted by molar-refractivity contribution is 0.628. The summed E-state index contributed by atoms with van der Waals surface area (Å²) in [6.07, 6.45) is 0. The van der Waals surface area contributed by atoms with Crippen molar-refractivity contribution >= 4 is 28.2 Å². The Hall–Kier alpha value is -2.07. The molecule has 0 atom stereocenters. The van der Waals surface area contributed by atoms with Gasteiger partial charge < -0.3 is 5.32 Å². The van der Waals surface area contributed by atoms with Gasteiger partial charge in [-0.15, -0.1) is 0 Å². The van der Waals surface area contributed by atoms with Gasteiger partial charge in [-0.05, 0) is 24.3 Å². The fourth-order valence-corrected chi connectivity index (χ4v) is 2.42. The van der Waals surface area contributed by atoms with E-state index in [0.717, 1.165) is 16.6 Å². The molecule has 0 aliphatic rings. The minimum atomic E-state index is -0.317. The lowest BCUT2D eigenvalue weighted by atomic mass is 10.2. The monoisotopic (exact) mass is 289 g/mol. The van der Waals surface area contributed by atoms with Crippen LogP contribution in [0.5, 0.6) is 0 Å². The first-order valence-electron chi connectivity index (χ1n) is 6.24. The van der Waals surface area contributed by atoms with Crippen molar-refractivity contribution in [1.29, 1.82) is 0 Å². The first-order chi connectivity index (χ1) is 9.65. The van der Waals surface area contributed by atoms with E-state index in [1.807, 2.05) is 36.0 Å². The zero-order valence-electron chi connectivity index (χ0n) is 10.9. The lowest BCUT2D eigenvalue weighted by Gasteiger charge is -2.07. The molecule has 0 saturated carbocycles. The Labute approximate surface area is 121 Å². The van der Waals surface area contributed by atoms with Crippen LogP contribution in [0.1, 0.15) is 5.69 Å². The maximum Gasteiger partial charge on any atom is 0.125 e. The molecular weight excluding hydrogens is 277 g/mol. The van der Waals surface area contributed by atoms with Gasteiger partial charge in [0.15, 0.2) is 0 Å². The third kappa shape index (κ3) is 2.34. The molecule has 0 bridgehead atoms. The highest BCUT2D eigenvalue weighted by Gasteiger charge is 2.08. The van der Waals surface area contributed by atoms with Crippen molar-refractivity contribution in [3.8, 4) is 0 Å². The Morgan fingerprint density at radius 1 is 1.25 bits per heavy atom.